The van der Waals surface area contributed by atoms with E-state index in [1.54, 1.807) is 24.3 Å². The fourth-order valence-corrected chi connectivity index (χ4v) is 2.95. The second-order valence-electron chi connectivity index (χ2n) is 5.22. The van der Waals surface area contributed by atoms with Crippen molar-refractivity contribution in [2.75, 3.05) is 12.3 Å². The summed E-state index contributed by atoms with van der Waals surface area (Å²) in [5.41, 5.74) is 0.752. The predicted octanol–water partition coefficient (Wildman–Crippen LogP) is 1.88. The van der Waals surface area contributed by atoms with Crippen LogP contribution in [0.25, 0.3) is 11.5 Å². The van der Waals surface area contributed by atoms with Gasteiger partial charge < -0.3 is 15.1 Å². The molecule has 1 aliphatic heterocycles. The van der Waals surface area contributed by atoms with Gasteiger partial charge in [0.25, 0.3) is 5.22 Å². The van der Waals surface area contributed by atoms with Crippen LogP contribution in [0, 0.1) is 0 Å². The number of amides is 2. The van der Waals surface area contributed by atoms with Gasteiger partial charge in [-0.2, -0.15) is 0 Å². The summed E-state index contributed by atoms with van der Waals surface area (Å²) >= 11 is 6.96. The lowest BCUT2D eigenvalue weighted by atomic mass is 10.1. The highest BCUT2D eigenvalue weighted by Gasteiger charge is 2.23. The average Bonchev–Trinajstić information content (AvgIpc) is 3.05. The van der Waals surface area contributed by atoms with Crippen molar-refractivity contribution < 1.29 is 14.0 Å². The Balaban J connectivity index is 1.52. The molecular weight excluding hydrogens is 352 g/mol. The van der Waals surface area contributed by atoms with E-state index in [0.29, 0.717) is 29.1 Å². The molecule has 126 valence electrons. The van der Waals surface area contributed by atoms with E-state index >= 15 is 0 Å². The van der Waals surface area contributed by atoms with Gasteiger partial charge >= 0.3 is 0 Å². The molecule has 0 saturated carbocycles. The third-order valence-corrected chi connectivity index (χ3v) is 4.52. The topological polar surface area (TPSA) is 97.1 Å². The molecule has 7 nitrogen and oxygen atoms in total. The Morgan fingerprint density at radius 1 is 1.38 bits per heavy atom. The largest absolute Gasteiger partial charge is 0.411 e. The minimum Gasteiger partial charge on any atom is -0.411 e. The summed E-state index contributed by atoms with van der Waals surface area (Å²) in [6.07, 6.45) is 1.52. The molecule has 1 aliphatic rings. The normalized spacial score (nSPS) is 17.4. The lowest BCUT2D eigenvalue weighted by Crippen LogP contribution is -2.50. The monoisotopic (exact) mass is 366 g/mol. The molecule has 0 radical (unpaired) electrons. The highest BCUT2D eigenvalue weighted by Crippen LogP contribution is 2.24. The average molecular weight is 367 g/mol. The number of rotatable bonds is 5. The summed E-state index contributed by atoms with van der Waals surface area (Å²) in [6.45, 7) is 0.662. The van der Waals surface area contributed by atoms with Gasteiger partial charge in [0, 0.05) is 17.1 Å². The summed E-state index contributed by atoms with van der Waals surface area (Å²) in [6, 6.07) is 6.56. The van der Waals surface area contributed by atoms with E-state index in [4.69, 9.17) is 16.0 Å². The Morgan fingerprint density at radius 3 is 2.92 bits per heavy atom. The summed E-state index contributed by atoms with van der Waals surface area (Å²) in [5, 5.41) is 14.2. The van der Waals surface area contributed by atoms with E-state index in [1.807, 2.05) is 0 Å². The highest BCUT2D eigenvalue weighted by atomic mass is 35.5. The molecule has 24 heavy (non-hydrogen) atoms. The molecule has 2 aromatic rings. The second kappa shape index (κ2) is 7.67. The van der Waals surface area contributed by atoms with Crippen molar-refractivity contribution in [2.45, 2.75) is 24.1 Å². The number of hydrogen-bond acceptors (Lipinski definition) is 6. The molecule has 2 heterocycles. The molecule has 1 fully saturated rings. The number of carbonyl (C=O) groups is 2. The van der Waals surface area contributed by atoms with Crippen molar-refractivity contribution in [2.24, 2.45) is 0 Å². The first-order valence-corrected chi connectivity index (χ1v) is 8.77. The number of aromatic nitrogens is 2. The van der Waals surface area contributed by atoms with Crippen LogP contribution in [0.5, 0.6) is 0 Å². The molecule has 9 heteroatoms. The maximum Gasteiger partial charge on any atom is 0.277 e. The molecule has 1 saturated heterocycles. The Bertz CT molecular complexity index is 735. The quantitative estimate of drug-likeness (QED) is 0.784. The third kappa shape index (κ3) is 4.27. The Hall–Kier alpha value is -2.06. The standard InChI is InChI=1S/C15H15ClN4O3S/c16-10-5-3-9(4-6-10)14-19-20-15(23-14)24-8-12(21)18-11-2-1-7-17-13(11)22/h3-6,11H,1-2,7-8H2,(H,17,22)(H,18,21). The molecule has 0 spiro atoms. The molecule has 3 rings (SSSR count). The summed E-state index contributed by atoms with van der Waals surface area (Å²) in [5.74, 6) is 0.0865. The lowest BCUT2D eigenvalue weighted by molar-refractivity contribution is -0.129. The van der Waals surface area contributed by atoms with Crippen LogP contribution in [0.1, 0.15) is 12.8 Å². The predicted molar refractivity (Wildman–Crippen MR) is 89.6 cm³/mol. The zero-order valence-corrected chi connectivity index (χ0v) is 14.2. The smallest absolute Gasteiger partial charge is 0.277 e. The van der Waals surface area contributed by atoms with E-state index < -0.39 is 6.04 Å². The van der Waals surface area contributed by atoms with Gasteiger partial charge in [-0.15, -0.1) is 10.2 Å². The molecule has 0 aliphatic carbocycles. The zero-order valence-electron chi connectivity index (χ0n) is 12.6. The Labute approximate surface area is 147 Å². The van der Waals surface area contributed by atoms with Crippen molar-refractivity contribution in [3.05, 3.63) is 29.3 Å². The van der Waals surface area contributed by atoms with Crippen molar-refractivity contribution in [1.29, 1.82) is 0 Å². The Kier molecular flexibility index (Phi) is 5.37. The number of hydrogen-bond donors (Lipinski definition) is 2. The van der Waals surface area contributed by atoms with Gasteiger partial charge in [-0.25, -0.2) is 0 Å². The van der Waals surface area contributed by atoms with Crippen LogP contribution in [0.2, 0.25) is 5.02 Å². The maximum absolute atomic E-state index is 11.9. The van der Waals surface area contributed by atoms with Crippen LogP contribution in [-0.2, 0) is 9.59 Å². The third-order valence-electron chi connectivity index (χ3n) is 3.44. The van der Waals surface area contributed by atoms with Crippen LogP contribution in [0.15, 0.2) is 33.9 Å². The van der Waals surface area contributed by atoms with Gasteiger partial charge in [0.2, 0.25) is 17.7 Å². The summed E-state index contributed by atoms with van der Waals surface area (Å²) < 4.78 is 5.51. The van der Waals surface area contributed by atoms with Crippen molar-refractivity contribution in [1.82, 2.24) is 20.8 Å². The van der Waals surface area contributed by atoms with Gasteiger partial charge in [-0.3, -0.25) is 9.59 Å². The highest BCUT2D eigenvalue weighted by molar-refractivity contribution is 7.99. The summed E-state index contributed by atoms with van der Waals surface area (Å²) in [7, 11) is 0. The number of nitrogens with one attached hydrogen (secondary N) is 2. The Morgan fingerprint density at radius 2 is 2.17 bits per heavy atom. The van der Waals surface area contributed by atoms with Crippen LogP contribution >= 0.6 is 23.4 Å². The number of benzene rings is 1. The molecule has 1 aromatic heterocycles. The molecule has 0 bridgehead atoms. The molecule has 1 atom stereocenters. The van der Waals surface area contributed by atoms with Crippen LogP contribution in [-0.4, -0.2) is 40.4 Å². The number of piperidine rings is 1. The van der Waals surface area contributed by atoms with E-state index in [0.717, 1.165) is 23.7 Å². The lowest BCUT2D eigenvalue weighted by Gasteiger charge is -2.22. The molecular formula is C15H15ClN4O3S. The van der Waals surface area contributed by atoms with E-state index in [2.05, 4.69) is 20.8 Å². The number of halogens is 1. The molecule has 1 unspecified atom stereocenters. The first-order valence-electron chi connectivity index (χ1n) is 7.41. The van der Waals surface area contributed by atoms with Gasteiger partial charge in [-0.05, 0) is 37.1 Å². The van der Waals surface area contributed by atoms with E-state index in [-0.39, 0.29) is 17.6 Å². The van der Waals surface area contributed by atoms with Gasteiger partial charge in [0.1, 0.15) is 6.04 Å². The number of carbonyl (C=O) groups excluding carboxylic acids is 2. The minimum atomic E-state index is -0.459. The SMILES string of the molecule is O=C(CSc1nnc(-c2ccc(Cl)cc2)o1)NC1CCCNC1=O. The van der Waals surface area contributed by atoms with Crippen LogP contribution < -0.4 is 10.6 Å². The van der Waals surface area contributed by atoms with Gasteiger partial charge in [0.15, 0.2) is 0 Å². The van der Waals surface area contributed by atoms with Crippen molar-refractivity contribution in [3.8, 4) is 11.5 Å². The van der Waals surface area contributed by atoms with Gasteiger partial charge in [0.05, 0.1) is 5.75 Å². The van der Waals surface area contributed by atoms with E-state index in [1.165, 1.54) is 0 Å². The molecule has 1 aromatic carbocycles. The number of nitrogens with zero attached hydrogens (tertiary/aromatic N) is 2. The van der Waals surface area contributed by atoms with Crippen LogP contribution in [0.4, 0.5) is 0 Å². The molecule has 2 amide bonds. The first-order chi connectivity index (χ1) is 11.6. The molecule has 2 N–H and O–H groups in total. The first kappa shape index (κ1) is 16.8. The van der Waals surface area contributed by atoms with Crippen molar-refractivity contribution in [3.63, 3.8) is 0 Å². The van der Waals surface area contributed by atoms with Crippen molar-refractivity contribution >= 4 is 35.2 Å². The maximum atomic E-state index is 11.9. The fourth-order valence-electron chi connectivity index (χ4n) is 2.25. The van der Waals surface area contributed by atoms with Crippen LogP contribution in [0.3, 0.4) is 0 Å². The number of thioether (sulfide) groups is 1. The van der Waals surface area contributed by atoms with E-state index in [9.17, 15) is 9.59 Å². The summed E-state index contributed by atoms with van der Waals surface area (Å²) in [4.78, 5) is 23.5. The second-order valence-corrected chi connectivity index (χ2v) is 6.59. The minimum absolute atomic E-state index is 0.103. The zero-order chi connectivity index (χ0) is 16.9. The fraction of sp³-hybridized carbons (Fsp3) is 0.333. The van der Waals surface area contributed by atoms with Gasteiger partial charge in [-0.1, -0.05) is 23.4 Å².